The third-order valence-electron chi connectivity index (χ3n) is 2.94. The van der Waals surface area contributed by atoms with Crippen molar-refractivity contribution in [3.63, 3.8) is 0 Å². The van der Waals surface area contributed by atoms with E-state index in [1.807, 2.05) is 37.3 Å². The topological polar surface area (TPSA) is 78.9 Å². The van der Waals surface area contributed by atoms with Crippen LogP contribution >= 0.6 is 0 Å². The number of carbonyl (C=O) groups excluding carboxylic acids is 1. The second-order valence-corrected chi connectivity index (χ2v) is 5.05. The average molecular weight is 294 g/mol. The van der Waals surface area contributed by atoms with Crippen LogP contribution in [-0.2, 0) is 4.79 Å². The number of nitrogens with one attached hydrogen (secondary N) is 1. The van der Waals surface area contributed by atoms with E-state index in [1.165, 1.54) is 4.90 Å². The molecule has 0 heterocycles. The van der Waals surface area contributed by atoms with Gasteiger partial charge >= 0.3 is 12.0 Å². The Bertz CT molecular complexity index is 464. The first-order chi connectivity index (χ1) is 9.90. The summed E-state index contributed by atoms with van der Waals surface area (Å²) in [6.45, 7) is 3.93. The quantitative estimate of drug-likeness (QED) is 0.804. The lowest BCUT2D eigenvalue weighted by Crippen LogP contribution is -2.43. The highest BCUT2D eigenvalue weighted by Crippen LogP contribution is 2.10. The predicted molar refractivity (Wildman–Crippen MR) is 79.4 cm³/mol. The first kappa shape index (κ1) is 16.8. The number of urea groups is 1. The molecule has 0 bridgehead atoms. The Kier molecular flexibility index (Phi) is 6.52. The van der Waals surface area contributed by atoms with Crippen LogP contribution in [0.25, 0.3) is 0 Å². The summed E-state index contributed by atoms with van der Waals surface area (Å²) >= 11 is 0. The van der Waals surface area contributed by atoms with E-state index in [1.54, 1.807) is 14.0 Å². The third kappa shape index (κ3) is 6.16. The standard InChI is InChI=1S/C15H22N2O4/c1-11(14(18)19)10-17(3)15(20)16-9-12(2)21-13-7-5-4-6-8-13/h4-8,11-12H,9-10H2,1-3H3,(H,16,20)(H,18,19). The number of carboxylic acid groups (broad SMARTS) is 1. The van der Waals surface area contributed by atoms with Gasteiger partial charge < -0.3 is 20.1 Å². The van der Waals surface area contributed by atoms with E-state index in [0.29, 0.717) is 6.54 Å². The van der Waals surface area contributed by atoms with Crippen molar-refractivity contribution in [2.75, 3.05) is 20.1 Å². The summed E-state index contributed by atoms with van der Waals surface area (Å²) in [7, 11) is 1.57. The van der Waals surface area contributed by atoms with Crippen molar-refractivity contribution >= 4 is 12.0 Å². The van der Waals surface area contributed by atoms with Crippen molar-refractivity contribution in [2.24, 2.45) is 5.92 Å². The highest BCUT2D eigenvalue weighted by Gasteiger charge is 2.17. The van der Waals surface area contributed by atoms with Crippen LogP contribution in [0, 0.1) is 5.92 Å². The highest BCUT2D eigenvalue weighted by atomic mass is 16.5. The maximum Gasteiger partial charge on any atom is 0.317 e. The molecule has 0 aliphatic carbocycles. The number of benzene rings is 1. The van der Waals surface area contributed by atoms with Gasteiger partial charge in [-0.25, -0.2) is 4.79 Å². The smallest absolute Gasteiger partial charge is 0.317 e. The van der Waals surface area contributed by atoms with Gasteiger partial charge in [-0.15, -0.1) is 0 Å². The Morgan fingerprint density at radius 3 is 2.48 bits per heavy atom. The molecule has 0 aliphatic rings. The van der Waals surface area contributed by atoms with Crippen LogP contribution < -0.4 is 10.1 Å². The van der Waals surface area contributed by atoms with E-state index in [9.17, 15) is 9.59 Å². The van der Waals surface area contributed by atoms with E-state index in [0.717, 1.165) is 5.75 Å². The number of carbonyl (C=O) groups is 2. The minimum Gasteiger partial charge on any atom is -0.489 e. The summed E-state index contributed by atoms with van der Waals surface area (Å²) in [5.41, 5.74) is 0. The van der Waals surface area contributed by atoms with E-state index in [-0.39, 0.29) is 18.7 Å². The van der Waals surface area contributed by atoms with Crippen LogP contribution in [0.3, 0.4) is 0 Å². The van der Waals surface area contributed by atoms with Gasteiger partial charge in [-0.05, 0) is 19.1 Å². The van der Waals surface area contributed by atoms with Crippen LogP contribution in [0.1, 0.15) is 13.8 Å². The van der Waals surface area contributed by atoms with Gasteiger partial charge in [0.05, 0.1) is 12.5 Å². The molecule has 6 nitrogen and oxygen atoms in total. The van der Waals surface area contributed by atoms with Crippen molar-refractivity contribution in [3.8, 4) is 5.75 Å². The highest BCUT2D eigenvalue weighted by molar-refractivity contribution is 5.75. The van der Waals surface area contributed by atoms with Crippen LogP contribution in [0.15, 0.2) is 30.3 Å². The summed E-state index contributed by atoms with van der Waals surface area (Å²) in [4.78, 5) is 23.9. The Morgan fingerprint density at radius 2 is 1.90 bits per heavy atom. The van der Waals surface area contributed by atoms with Crippen LogP contribution in [0.5, 0.6) is 5.75 Å². The lowest BCUT2D eigenvalue weighted by atomic mass is 10.2. The minimum absolute atomic E-state index is 0.162. The Balaban J connectivity index is 2.33. The number of hydrogen-bond donors (Lipinski definition) is 2. The molecular weight excluding hydrogens is 272 g/mol. The van der Waals surface area contributed by atoms with E-state index < -0.39 is 11.9 Å². The van der Waals surface area contributed by atoms with Crippen LogP contribution in [0.4, 0.5) is 4.79 Å². The van der Waals surface area contributed by atoms with E-state index >= 15 is 0 Å². The van der Waals surface area contributed by atoms with Gasteiger partial charge in [0.2, 0.25) is 0 Å². The van der Waals surface area contributed by atoms with Crippen molar-refractivity contribution < 1.29 is 19.4 Å². The molecule has 0 saturated carbocycles. The fourth-order valence-corrected chi connectivity index (χ4v) is 1.71. The Labute approximate surface area is 124 Å². The van der Waals surface area contributed by atoms with Gasteiger partial charge in [-0.2, -0.15) is 0 Å². The van der Waals surface area contributed by atoms with Crippen molar-refractivity contribution in [1.29, 1.82) is 0 Å². The maximum absolute atomic E-state index is 11.8. The molecule has 116 valence electrons. The zero-order valence-electron chi connectivity index (χ0n) is 12.6. The summed E-state index contributed by atoms with van der Waals surface area (Å²) < 4.78 is 5.64. The molecule has 1 aromatic carbocycles. The van der Waals surface area contributed by atoms with Gasteiger partial charge in [-0.1, -0.05) is 25.1 Å². The molecule has 0 saturated heterocycles. The number of carboxylic acids is 1. The van der Waals surface area contributed by atoms with Gasteiger partial charge in [0.1, 0.15) is 11.9 Å². The summed E-state index contributed by atoms with van der Waals surface area (Å²) in [6.07, 6.45) is -0.179. The summed E-state index contributed by atoms with van der Waals surface area (Å²) in [5, 5.41) is 11.5. The minimum atomic E-state index is -0.921. The predicted octanol–water partition coefficient (Wildman–Crippen LogP) is 1.82. The lowest BCUT2D eigenvalue weighted by Gasteiger charge is -2.21. The second kappa shape index (κ2) is 8.14. The number of para-hydroxylation sites is 1. The largest absolute Gasteiger partial charge is 0.489 e. The van der Waals surface area contributed by atoms with Gasteiger partial charge in [0, 0.05) is 13.6 Å². The van der Waals surface area contributed by atoms with Crippen molar-refractivity contribution in [2.45, 2.75) is 20.0 Å². The number of amides is 2. The molecule has 0 radical (unpaired) electrons. The molecule has 2 N–H and O–H groups in total. The summed E-state index contributed by atoms with van der Waals surface area (Å²) in [6, 6.07) is 9.03. The maximum atomic E-state index is 11.8. The zero-order valence-corrected chi connectivity index (χ0v) is 12.6. The first-order valence-corrected chi connectivity index (χ1v) is 6.83. The number of nitrogens with zero attached hydrogens (tertiary/aromatic N) is 1. The van der Waals surface area contributed by atoms with Crippen molar-refractivity contribution in [3.05, 3.63) is 30.3 Å². The van der Waals surface area contributed by atoms with Gasteiger partial charge in [-0.3, -0.25) is 4.79 Å². The molecule has 0 spiro atoms. The fourth-order valence-electron chi connectivity index (χ4n) is 1.71. The lowest BCUT2D eigenvalue weighted by molar-refractivity contribution is -0.141. The molecule has 0 fully saturated rings. The molecule has 1 aromatic rings. The van der Waals surface area contributed by atoms with E-state index in [4.69, 9.17) is 9.84 Å². The molecule has 0 aliphatic heterocycles. The molecule has 0 aromatic heterocycles. The molecule has 21 heavy (non-hydrogen) atoms. The molecule has 2 unspecified atom stereocenters. The zero-order chi connectivity index (χ0) is 15.8. The third-order valence-corrected chi connectivity index (χ3v) is 2.94. The van der Waals surface area contributed by atoms with Gasteiger partial charge in [0.15, 0.2) is 0 Å². The number of hydrogen-bond acceptors (Lipinski definition) is 3. The molecule has 1 rings (SSSR count). The number of rotatable bonds is 7. The average Bonchev–Trinajstić information content (AvgIpc) is 2.45. The van der Waals surface area contributed by atoms with Crippen LogP contribution in [0.2, 0.25) is 0 Å². The summed E-state index contributed by atoms with van der Waals surface area (Å²) in [5.74, 6) is -0.777. The molecule has 6 heteroatoms. The van der Waals surface area contributed by atoms with E-state index in [2.05, 4.69) is 5.32 Å². The SMILES string of the molecule is CC(CNC(=O)N(C)CC(C)C(=O)O)Oc1ccccc1. The molecule has 2 amide bonds. The molecule has 2 atom stereocenters. The second-order valence-electron chi connectivity index (χ2n) is 5.05. The number of aliphatic carboxylic acids is 1. The first-order valence-electron chi connectivity index (χ1n) is 6.83. The number of ether oxygens (including phenoxy) is 1. The fraction of sp³-hybridized carbons (Fsp3) is 0.467. The Hall–Kier alpha value is -2.24. The van der Waals surface area contributed by atoms with Crippen molar-refractivity contribution in [1.82, 2.24) is 10.2 Å². The molecular formula is C15H22N2O4. The Morgan fingerprint density at radius 1 is 1.29 bits per heavy atom. The normalized spacial score (nSPS) is 13.1. The van der Waals surface area contributed by atoms with Gasteiger partial charge in [0.25, 0.3) is 0 Å². The monoisotopic (exact) mass is 294 g/mol. The van der Waals surface area contributed by atoms with Crippen LogP contribution in [-0.4, -0.2) is 48.2 Å².